The van der Waals surface area contributed by atoms with E-state index in [0.717, 1.165) is 11.1 Å². The predicted octanol–water partition coefficient (Wildman–Crippen LogP) is 5.95. The van der Waals surface area contributed by atoms with Gasteiger partial charge in [0.15, 0.2) is 0 Å². The fraction of sp³-hybridized carbons (Fsp3) is 0.0938. The molecule has 0 atom stereocenters. The van der Waals surface area contributed by atoms with Crippen molar-refractivity contribution in [3.8, 4) is 0 Å². The molecule has 6 nitrogen and oxygen atoms in total. The Bertz CT molecular complexity index is 1450. The molecule has 0 aliphatic heterocycles. The predicted molar refractivity (Wildman–Crippen MR) is 155 cm³/mol. The van der Waals surface area contributed by atoms with Gasteiger partial charge in [-0.2, -0.15) is 0 Å². The van der Waals surface area contributed by atoms with E-state index >= 15 is 0 Å². The van der Waals surface area contributed by atoms with Gasteiger partial charge in [-0.15, -0.1) is 0 Å². The third-order valence-electron chi connectivity index (χ3n) is 5.97. The molecule has 0 heterocycles. The lowest BCUT2D eigenvalue weighted by molar-refractivity contribution is -0.129. The van der Waals surface area contributed by atoms with Gasteiger partial charge >= 0.3 is 0 Å². The summed E-state index contributed by atoms with van der Waals surface area (Å²) in [6.45, 7) is 0.533. The number of carbonyl (C=O) groups excluding carboxylic acids is 3. The molecule has 0 bridgehead atoms. The van der Waals surface area contributed by atoms with E-state index in [1.54, 1.807) is 90.8 Å². The molecule has 4 aromatic rings. The Morgan fingerprint density at radius 3 is 2.03 bits per heavy atom. The number of rotatable bonds is 9. The minimum absolute atomic E-state index is 0.00699. The standard InChI is InChI=1S/C32H28ClN3O3/c1-36(22-25-8-4-2-5-9-25)30(37)21-24-14-18-28(19-15-24)34-32(39)29(20-23-12-16-27(33)17-13-23)35-31(38)26-10-6-3-7-11-26/h2-20H,21-22H2,1H3,(H,34,39)(H,35,38). The summed E-state index contributed by atoms with van der Waals surface area (Å²) in [5.74, 6) is -0.896. The summed E-state index contributed by atoms with van der Waals surface area (Å²) in [6.07, 6.45) is 1.83. The van der Waals surface area contributed by atoms with Gasteiger partial charge in [-0.1, -0.05) is 84.4 Å². The summed E-state index contributed by atoms with van der Waals surface area (Å²) in [6, 6.07) is 32.5. The number of nitrogens with one attached hydrogen (secondary N) is 2. The number of anilines is 1. The average Bonchev–Trinajstić information content (AvgIpc) is 2.95. The average molecular weight is 538 g/mol. The van der Waals surface area contributed by atoms with Crippen LogP contribution in [0.15, 0.2) is 115 Å². The van der Waals surface area contributed by atoms with Crippen molar-refractivity contribution in [3.05, 3.63) is 142 Å². The van der Waals surface area contributed by atoms with E-state index in [0.29, 0.717) is 28.4 Å². The third kappa shape index (κ3) is 8.15. The number of hydrogen-bond acceptors (Lipinski definition) is 3. The second kappa shape index (κ2) is 13.2. The van der Waals surface area contributed by atoms with Gasteiger partial charge in [-0.25, -0.2) is 0 Å². The van der Waals surface area contributed by atoms with E-state index in [2.05, 4.69) is 10.6 Å². The molecule has 196 valence electrons. The fourth-order valence-electron chi connectivity index (χ4n) is 3.83. The Morgan fingerprint density at radius 1 is 0.769 bits per heavy atom. The molecule has 39 heavy (non-hydrogen) atoms. The molecule has 0 radical (unpaired) electrons. The molecule has 0 saturated carbocycles. The van der Waals surface area contributed by atoms with Crippen molar-refractivity contribution < 1.29 is 14.4 Å². The van der Waals surface area contributed by atoms with E-state index in [1.807, 2.05) is 36.4 Å². The van der Waals surface area contributed by atoms with E-state index in [1.165, 1.54) is 0 Å². The van der Waals surface area contributed by atoms with E-state index in [4.69, 9.17) is 11.6 Å². The molecule has 0 unspecified atom stereocenters. The highest BCUT2D eigenvalue weighted by atomic mass is 35.5. The number of hydrogen-bond donors (Lipinski definition) is 2. The van der Waals surface area contributed by atoms with Crippen LogP contribution in [0.25, 0.3) is 6.08 Å². The molecular formula is C32H28ClN3O3. The molecular weight excluding hydrogens is 510 g/mol. The molecule has 2 N–H and O–H groups in total. The first kappa shape index (κ1) is 27.4. The van der Waals surface area contributed by atoms with E-state index < -0.39 is 11.8 Å². The van der Waals surface area contributed by atoms with Crippen molar-refractivity contribution in [2.75, 3.05) is 12.4 Å². The van der Waals surface area contributed by atoms with Crippen LogP contribution in [-0.2, 0) is 22.6 Å². The Labute approximate surface area is 232 Å². The molecule has 4 aromatic carbocycles. The summed E-state index contributed by atoms with van der Waals surface area (Å²) >= 11 is 5.99. The zero-order valence-electron chi connectivity index (χ0n) is 21.4. The molecule has 4 rings (SSSR count). The first-order valence-corrected chi connectivity index (χ1v) is 12.8. The third-order valence-corrected chi connectivity index (χ3v) is 6.22. The van der Waals surface area contributed by atoms with E-state index in [9.17, 15) is 14.4 Å². The molecule has 7 heteroatoms. The molecule has 0 spiro atoms. The number of likely N-dealkylation sites (N-methyl/N-ethyl adjacent to an activating group) is 1. The number of nitrogens with zero attached hydrogens (tertiary/aromatic N) is 1. The van der Waals surface area contributed by atoms with Crippen molar-refractivity contribution in [1.29, 1.82) is 0 Å². The Kier molecular flexibility index (Phi) is 9.27. The lowest BCUT2D eigenvalue weighted by Crippen LogP contribution is -2.30. The number of carbonyl (C=O) groups is 3. The summed E-state index contributed by atoms with van der Waals surface area (Å²) in [5.41, 5.74) is 3.63. The summed E-state index contributed by atoms with van der Waals surface area (Å²) in [5, 5.41) is 6.10. The summed E-state index contributed by atoms with van der Waals surface area (Å²) in [4.78, 5) is 40.4. The second-order valence-corrected chi connectivity index (χ2v) is 9.43. The topological polar surface area (TPSA) is 78.5 Å². The summed E-state index contributed by atoms with van der Waals surface area (Å²) in [7, 11) is 1.78. The Morgan fingerprint density at radius 2 is 1.38 bits per heavy atom. The van der Waals surface area contributed by atoms with Gasteiger partial charge in [0.25, 0.3) is 11.8 Å². The van der Waals surface area contributed by atoms with Gasteiger partial charge in [0, 0.05) is 29.9 Å². The maximum absolute atomic E-state index is 13.2. The molecule has 0 aliphatic rings. The van der Waals surface area contributed by atoms with Gasteiger partial charge in [-0.05, 0) is 59.2 Å². The smallest absolute Gasteiger partial charge is 0.272 e. The first-order valence-electron chi connectivity index (χ1n) is 12.4. The normalized spacial score (nSPS) is 11.0. The monoisotopic (exact) mass is 537 g/mol. The molecule has 0 aliphatic carbocycles. The van der Waals surface area contributed by atoms with Crippen LogP contribution in [0.3, 0.4) is 0 Å². The highest BCUT2D eigenvalue weighted by Crippen LogP contribution is 2.16. The quantitative estimate of drug-likeness (QED) is 0.259. The minimum Gasteiger partial charge on any atom is -0.341 e. The SMILES string of the molecule is CN(Cc1ccccc1)C(=O)Cc1ccc(NC(=O)C(=Cc2ccc(Cl)cc2)NC(=O)c2ccccc2)cc1. The van der Waals surface area contributed by atoms with Crippen molar-refractivity contribution >= 4 is 41.1 Å². The van der Waals surface area contributed by atoms with E-state index in [-0.39, 0.29) is 18.0 Å². The minimum atomic E-state index is -0.486. The Balaban J connectivity index is 1.43. The van der Waals surface area contributed by atoms with Crippen LogP contribution in [-0.4, -0.2) is 29.7 Å². The van der Waals surface area contributed by atoms with Gasteiger partial charge in [0.1, 0.15) is 5.70 Å². The number of benzene rings is 4. The van der Waals surface area contributed by atoms with Gasteiger partial charge in [0.2, 0.25) is 5.91 Å². The molecule has 3 amide bonds. The van der Waals surface area contributed by atoms with Crippen LogP contribution in [0.2, 0.25) is 5.02 Å². The van der Waals surface area contributed by atoms with Gasteiger partial charge in [0.05, 0.1) is 6.42 Å². The molecule has 0 saturated heterocycles. The lowest BCUT2D eigenvalue weighted by atomic mass is 10.1. The van der Waals surface area contributed by atoms with Crippen LogP contribution in [0, 0.1) is 0 Å². The van der Waals surface area contributed by atoms with Crippen LogP contribution in [0.4, 0.5) is 5.69 Å². The van der Waals surface area contributed by atoms with Crippen molar-refractivity contribution in [2.24, 2.45) is 0 Å². The zero-order chi connectivity index (χ0) is 27.6. The first-order chi connectivity index (χ1) is 18.9. The lowest BCUT2D eigenvalue weighted by Gasteiger charge is -2.17. The number of amides is 3. The van der Waals surface area contributed by atoms with Crippen LogP contribution in [0.1, 0.15) is 27.0 Å². The fourth-order valence-corrected chi connectivity index (χ4v) is 3.95. The van der Waals surface area contributed by atoms with Gasteiger partial charge in [-0.3, -0.25) is 14.4 Å². The van der Waals surface area contributed by atoms with Crippen LogP contribution in [0.5, 0.6) is 0 Å². The van der Waals surface area contributed by atoms with Crippen LogP contribution < -0.4 is 10.6 Å². The summed E-state index contributed by atoms with van der Waals surface area (Å²) < 4.78 is 0. The largest absolute Gasteiger partial charge is 0.341 e. The Hall–Kier alpha value is -4.68. The number of halogens is 1. The van der Waals surface area contributed by atoms with Crippen LogP contribution >= 0.6 is 11.6 Å². The van der Waals surface area contributed by atoms with Crippen molar-refractivity contribution in [3.63, 3.8) is 0 Å². The highest BCUT2D eigenvalue weighted by Gasteiger charge is 2.16. The molecule has 0 aromatic heterocycles. The zero-order valence-corrected chi connectivity index (χ0v) is 22.2. The van der Waals surface area contributed by atoms with Gasteiger partial charge < -0.3 is 15.5 Å². The van der Waals surface area contributed by atoms with Crippen molar-refractivity contribution in [1.82, 2.24) is 10.2 Å². The maximum atomic E-state index is 13.2. The highest BCUT2D eigenvalue weighted by molar-refractivity contribution is 6.30. The molecule has 0 fully saturated rings. The second-order valence-electron chi connectivity index (χ2n) is 8.99. The van der Waals surface area contributed by atoms with Crippen molar-refractivity contribution in [2.45, 2.75) is 13.0 Å². The maximum Gasteiger partial charge on any atom is 0.272 e.